The molecule has 1 N–H and O–H groups in total. The second-order valence-electron chi connectivity index (χ2n) is 7.72. The molecule has 1 aromatic carbocycles. The number of carbonyl (C=O) groups is 1. The number of rotatable bonds is 4. The number of H-pyrrole nitrogens is 1. The number of benzene rings is 1. The molecule has 2 aromatic rings. The molecule has 2 aliphatic rings. The first-order chi connectivity index (χ1) is 13.1. The van der Waals surface area contributed by atoms with Gasteiger partial charge in [-0.05, 0) is 50.4 Å². The number of ether oxygens (including phenoxy) is 1. The lowest BCUT2D eigenvalue weighted by Crippen LogP contribution is -2.48. The lowest BCUT2D eigenvalue weighted by Gasteiger charge is -2.40. The first kappa shape index (κ1) is 18.4. The van der Waals surface area contributed by atoms with Crippen molar-refractivity contribution < 1.29 is 13.9 Å². The average Bonchev–Trinajstić information content (AvgIpc) is 3.09. The summed E-state index contributed by atoms with van der Waals surface area (Å²) in [6.07, 6.45) is 4.12. The molecule has 27 heavy (non-hydrogen) atoms. The molecule has 1 atom stereocenters. The number of aromatic amines is 1. The molecule has 6 nitrogen and oxygen atoms in total. The van der Waals surface area contributed by atoms with Crippen molar-refractivity contribution in [3.05, 3.63) is 29.8 Å². The molecule has 0 aliphatic carbocycles. The van der Waals surface area contributed by atoms with Crippen molar-refractivity contribution in [3.8, 4) is 0 Å². The Labute approximate surface area is 158 Å². The number of fused-ring (bicyclic) bond motifs is 1. The normalized spacial score (nSPS) is 22.2. The van der Waals surface area contributed by atoms with Crippen molar-refractivity contribution in [2.45, 2.75) is 38.3 Å². The maximum absolute atomic E-state index is 13.3. The van der Waals surface area contributed by atoms with Crippen molar-refractivity contribution >= 4 is 16.9 Å². The third-order valence-corrected chi connectivity index (χ3v) is 5.77. The summed E-state index contributed by atoms with van der Waals surface area (Å²) < 4.78 is 18.8. The van der Waals surface area contributed by atoms with Crippen LogP contribution in [-0.2, 0) is 16.1 Å². The summed E-state index contributed by atoms with van der Waals surface area (Å²) in [5, 5.41) is 0. The number of halogens is 1. The van der Waals surface area contributed by atoms with E-state index >= 15 is 0 Å². The monoisotopic (exact) mass is 374 g/mol. The van der Waals surface area contributed by atoms with Gasteiger partial charge in [-0.2, -0.15) is 0 Å². The number of amides is 1. The highest BCUT2D eigenvalue weighted by Crippen LogP contribution is 2.24. The van der Waals surface area contributed by atoms with Crippen molar-refractivity contribution in [2.24, 2.45) is 5.92 Å². The fourth-order valence-electron chi connectivity index (χ4n) is 4.31. The fourth-order valence-corrected chi connectivity index (χ4v) is 4.31. The number of likely N-dealkylation sites (tertiary alicyclic amines) is 1. The van der Waals surface area contributed by atoms with Crippen molar-refractivity contribution in [2.75, 3.05) is 33.4 Å². The van der Waals surface area contributed by atoms with Gasteiger partial charge in [0.2, 0.25) is 5.91 Å². The zero-order chi connectivity index (χ0) is 18.8. The Balaban J connectivity index is 1.38. The van der Waals surface area contributed by atoms with Gasteiger partial charge in [0.05, 0.1) is 23.5 Å². The maximum atomic E-state index is 13.3. The summed E-state index contributed by atoms with van der Waals surface area (Å²) in [6, 6.07) is 5.03. The first-order valence-corrected chi connectivity index (χ1v) is 9.81. The van der Waals surface area contributed by atoms with E-state index in [9.17, 15) is 9.18 Å². The smallest absolute Gasteiger partial charge is 0.227 e. The van der Waals surface area contributed by atoms with Crippen LogP contribution in [0.5, 0.6) is 0 Å². The first-order valence-electron chi connectivity index (χ1n) is 9.81. The van der Waals surface area contributed by atoms with E-state index in [-0.39, 0.29) is 17.6 Å². The van der Waals surface area contributed by atoms with Gasteiger partial charge < -0.3 is 14.6 Å². The largest absolute Gasteiger partial charge is 0.381 e. The van der Waals surface area contributed by atoms with Gasteiger partial charge in [0, 0.05) is 32.8 Å². The van der Waals surface area contributed by atoms with Crippen molar-refractivity contribution in [3.63, 3.8) is 0 Å². The van der Waals surface area contributed by atoms with Gasteiger partial charge in [-0.3, -0.25) is 9.69 Å². The van der Waals surface area contributed by atoms with Gasteiger partial charge in [0.15, 0.2) is 0 Å². The van der Waals surface area contributed by atoms with E-state index in [2.05, 4.69) is 14.9 Å². The lowest BCUT2D eigenvalue weighted by atomic mass is 9.93. The summed E-state index contributed by atoms with van der Waals surface area (Å²) in [7, 11) is 1.82. The number of imidazole rings is 1. The second-order valence-corrected chi connectivity index (χ2v) is 7.72. The molecule has 7 heteroatoms. The summed E-state index contributed by atoms with van der Waals surface area (Å²) in [5.41, 5.74) is 1.38. The molecule has 1 aromatic heterocycles. The van der Waals surface area contributed by atoms with Crippen LogP contribution in [0.3, 0.4) is 0 Å². The third-order valence-electron chi connectivity index (χ3n) is 5.77. The van der Waals surface area contributed by atoms with Crippen LogP contribution in [-0.4, -0.2) is 65.1 Å². The molecule has 3 heterocycles. The van der Waals surface area contributed by atoms with E-state index in [0.717, 1.165) is 57.5 Å². The molecule has 2 fully saturated rings. The number of carbonyl (C=O) groups excluding carboxylic acids is 1. The highest BCUT2D eigenvalue weighted by molar-refractivity contribution is 5.79. The van der Waals surface area contributed by atoms with Crippen LogP contribution in [0.2, 0.25) is 0 Å². The number of aromatic nitrogens is 2. The quantitative estimate of drug-likeness (QED) is 0.894. The Morgan fingerprint density at radius 3 is 3.00 bits per heavy atom. The third kappa shape index (κ3) is 4.14. The molecular formula is C20H27FN4O2. The van der Waals surface area contributed by atoms with Gasteiger partial charge in [0.1, 0.15) is 11.6 Å². The highest BCUT2D eigenvalue weighted by atomic mass is 19.1. The molecule has 0 radical (unpaired) electrons. The fraction of sp³-hybridized carbons (Fsp3) is 0.600. The summed E-state index contributed by atoms with van der Waals surface area (Å²) in [6.45, 7) is 3.97. The Morgan fingerprint density at radius 2 is 2.19 bits per heavy atom. The van der Waals surface area contributed by atoms with Gasteiger partial charge in [-0.1, -0.05) is 0 Å². The van der Waals surface area contributed by atoms with Crippen LogP contribution in [0.15, 0.2) is 18.2 Å². The van der Waals surface area contributed by atoms with E-state index < -0.39 is 0 Å². The minimum Gasteiger partial charge on any atom is -0.381 e. The van der Waals surface area contributed by atoms with E-state index in [1.807, 2.05) is 7.05 Å². The van der Waals surface area contributed by atoms with Gasteiger partial charge in [0.25, 0.3) is 0 Å². The molecular weight excluding hydrogens is 347 g/mol. The summed E-state index contributed by atoms with van der Waals surface area (Å²) >= 11 is 0. The Morgan fingerprint density at radius 1 is 1.37 bits per heavy atom. The van der Waals surface area contributed by atoms with E-state index in [1.54, 1.807) is 11.0 Å². The molecule has 1 amide bonds. The standard InChI is InChI=1S/C20H27FN4O2/c1-24(13-19-22-17-5-4-15(21)11-18(17)23-19)20(26)14-3-2-8-25(12-14)16-6-9-27-10-7-16/h4-5,11,14,16H,2-3,6-10,12-13H2,1H3,(H,22,23)/t14-/m1/s1. The maximum Gasteiger partial charge on any atom is 0.227 e. The molecule has 0 bridgehead atoms. The van der Waals surface area contributed by atoms with Crippen LogP contribution >= 0.6 is 0 Å². The van der Waals surface area contributed by atoms with Crippen LogP contribution < -0.4 is 0 Å². The van der Waals surface area contributed by atoms with Crippen LogP contribution in [0.25, 0.3) is 11.0 Å². The zero-order valence-corrected chi connectivity index (χ0v) is 15.8. The highest BCUT2D eigenvalue weighted by Gasteiger charge is 2.32. The summed E-state index contributed by atoms with van der Waals surface area (Å²) in [4.78, 5) is 24.8. The predicted octanol–water partition coefficient (Wildman–Crippen LogP) is 2.55. The van der Waals surface area contributed by atoms with Gasteiger partial charge in [-0.15, -0.1) is 0 Å². The van der Waals surface area contributed by atoms with Crippen molar-refractivity contribution in [1.29, 1.82) is 0 Å². The molecule has 4 rings (SSSR count). The molecule has 2 saturated heterocycles. The SMILES string of the molecule is CN(Cc1nc2ccc(F)cc2[nH]1)C(=O)[C@@H]1CCCN(C2CCOCC2)C1. The lowest BCUT2D eigenvalue weighted by molar-refractivity contribution is -0.137. The minimum absolute atomic E-state index is 0.0356. The molecule has 0 spiro atoms. The molecule has 2 aliphatic heterocycles. The Bertz CT molecular complexity index is 802. The van der Waals surface area contributed by atoms with Gasteiger partial charge in [-0.25, -0.2) is 9.37 Å². The van der Waals surface area contributed by atoms with Crippen LogP contribution in [0.4, 0.5) is 4.39 Å². The molecule has 0 saturated carbocycles. The van der Waals surface area contributed by atoms with E-state index in [0.29, 0.717) is 23.9 Å². The zero-order valence-electron chi connectivity index (χ0n) is 15.8. The number of nitrogens with zero attached hydrogens (tertiary/aromatic N) is 3. The van der Waals surface area contributed by atoms with E-state index in [1.165, 1.54) is 12.1 Å². The predicted molar refractivity (Wildman–Crippen MR) is 101 cm³/mol. The topological polar surface area (TPSA) is 61.5 Å². The number of piperidine rings is 1. The second kappa shape index (κ2) is 7.94. The molecule has 146 valence electrons. The number of hydrogen-bond donors (Lipinski definition) is 1. The average molecular weight is 374 g/mol. The van der Waals surface area contributed by atoms with Crippen molar-refractivity contribution in [1.82, 2.24) is 19.8 Å². The number of hydrogen-bond acceptors (Lipinski definition) is 4. The van der Waals surface area contributed by atoms with Gasteiger partial charge >= 0.3 is 0 Å². The van der Waals surface area contributed by atoms with Crippen LogP contribution in [0, 0.1) is 11.7 Å². The Hall–Kier alpha value is -1.99. The Kier molecular flexibility index (Phi) is 5.41. The minimum atomic E-state index is -0.294. The van der Waals surface area contributed by atoms with Crippen LogP contribution in [0.1, 0.15) is 31.5 Å². The number of nitrogens with one attached hydrogen (secondary N) is 1. The summed E-state index contributed by atoms with van der Waals surface area (Å²) in [5.74, 6) is 0.591. The molecule has 0 unspecified atom stereocenters. The van der Waals surface area contributed by atoms with E-state index in [4.69, 9.17) is 4.74 Å².